The maximum Gasteiger partial charge on any atom is 0.191 e. The van der Waals surface area contributed by atoms with Gasteiger partial charge in [-0.2, -0.15) is 0 Å². The lowest BCUT2D eigenvalue weighted by Gasteiger charge is -2.19. The summed E-state index contributed by atoms with van der Waals surface area (Å²) in [6, 6.07) is 8.97. The second kappa shape index (κ2) is 10.6. The van der Waals surface area contributed by atoms with Crippen molar-refractivity contribution in [3.05, 3.63) is 47.0 Å². The van der Waals surface area contributed by atoms with Crippen LogP contribution in [0.25, 0.3) is 0 Å². The minimum atomic E-state index is 0.199. The molecule has 0 unspecified atom stereocenters. The zero-order valence-electron chi connectivity index (χ0n) is 19.2. The highest BCUT2D eigenvalue weighted by Crippen LogP contribution is 2.22. The van der Waals surface area contributed by atoms with E-state index in [1.54, 1.807) is 0 Å². The smallest absolute Gasteiger partial charge is 0.191 e. The quantitative estimate of drug-likeness (QED) is 0.540. The van der Waals surface area contributed by atoms with Crippen LogP contribution in [0.3, 0.4) is 0 Å². The molecule has 30 heavy (non-hydrogen) atoms. The highest BCUT2D eigenvalue weighted by molar-refractivity contribution is 5.79. The number of hydrogen-bond acceptors (Lipinski definition) is 3. The van der Waals surface area contributed by atoms with E-state index >= 15 is 0 Å². The Hall–Kier alpha value is -2.37. The van der Waals surface area contributed by atoms with Crippen molar-refractivity contribution in [3.8, 4) is 0 Å². The molecule has 0 spiro atoms. The van der Waals surface area contributed by atoms with E-state index in [4.69, 9.17) is 4.99 Å². The summed E-state index contributed by atoms with van der Waals surface area (Å²) in [5, 5.41) is 15.6. The molecule has 6 heteroatoms. The van der Waals surface area contributed by atoms with Gasteiger partial charge in [-0.05, 0) is 42.7 Å². The lowest BCUT2D eigenvalue weighted by atomic mass is 9.86. The van der Waals surface area contributed by atoms with Crippen LogP contribution in [-0.2, 0) is 31.2 Å². The monoisotopic (exact) mass is 410 g/mol. The van der Waals surface area contributed by atoms with Gasteiger partial charge in [0, 0.05) is 39.0 Å². The Morgan fingerprint density at radius 3 is 2.57 bits per heavy atom. The third-order valence-corrected chi connectivity index (χ3v) is 5.66. The molecule has 0 amide bonds. The number of nitrogens with zero attached hydrogens (tertiary/aromatic N) is 4. The van der Waals surface area contributed by atoms with E-state index in [1.807, 2.05) is 0 Å². The molecule has 6 nitrogen and oxygen atoms in total. The molecule has 0 radical (unpaired) electrons. The third-order valence-electron chi connectivity index (χ3n) is 5.66. The molecule has 0 saturated carbocycles. The first-order valence-corrected chi connectivity index (χ1v) is 11.5. The molecule has 0 aliphatic carbocycles. The van der Waals surface area contributed by atoms with Crippen LogP contribution in [0.5, 0.6) is 0 Å². The van der Waals surface area contributed by atoms with Crippen molar-refractivity contribution >= 4 is 5.96 Å². The van der Waals surface area contributed by atoms with Gasteiger partial charge in [-0.25, -0.2) is 0 Å². The molecule has 0 fully saturated rings. The second-order valence-electron chi connectivity index (χ2n) is 9.13. The fourth-order valence-corrected chi connectivity index (χ4v) is 3.84. The predicted molar refractivity (Wildman–Crippen MR) is 124 cm³/mol. The van der Waals surface area contributed by atoms with E-state index < -0.39 is 0 Å². The van der Waals surface area contributed by atoms with Crippen LogP contribution >= 0.6 is 0 Å². The minimum Gasteiger partial charge on any atom is -0.357 e. The van der Waals surface area contributed by atoms with Crippen LogP contribution < -0.4 is 10.6 Å². The van der Waals surface area contributed by atoms with Gasteiger partial charge in [0.2, 0.25) is 0 Å². The Balaban J connectivity index is 1.49. The Morgan fingerprint density at radius 1 is 1.03 bits per heavy atom. The number of hydrogen-bond donors (Lipinski definition) is 2. The molecular weight excluding hydrogens is 372 g/mol. The van der Waals surface area contributed by atoms with E-state index in [1.165, 1.54) is 30.4 Å². The van der Waals surface area contributed by atoms with Crippen LogP contribution in [0.1, 0.15) is 69.7 Å². The molecule has 1 aromatic carbocycles. The van der Waals surface area contributed by atoms with E-state index in [9.17, 15) is 0 Å². The second-order valence-corrected chi connectivity index (χ2v) is 9.13. The van der Waals surface area contributed by atoms with Gasteiger partial charge in [0.1, 0.15) is 11.6 Å². The van der Waals surface area contributed by atoms with Crippen molar-refractivity contribution < 1.29 is 0 Å². The van der Waals surface area contributed by atoms with Crippen LogP contribution in [0, 0.1) is 0 Å². The summed E-state index contributed by atoms with van der Waals surface area (Å²) in [5.41, 5.74) is 2.92. The molecule has 2 N–H and O–H groups in total. The molecule has 0 bridgehead atoms. The summed E-state index contributed by atoms with van der Waals surface area (Å²) < 4.78 is 2.31. The minimum absolute atomic E-state index is 0.199. The lowest BCUT2D eigenvalue weighted by molar-refractivity contribution is 0.590. The average molecular weight is 411 g/mol. The molecular formula is C24H38N6. The Labute approximate surface area is 181 Å². The van der Waals surface area contributed by atoms with Crippen LogP contribution in [0.4, 0.5) is 0 Å². The molecule has 2 aromatic rings. The van der Waals surface area contributed by atoms with Crippen LogP contribution in [0.15, 0.2) is 29.3 Å². The van der Waals surface area contributed by atoms with Crippen molar-refractivity contribution in [2.75, 3.05) is 19.6 Å². The maximum absolute atomic E-state index is 4.75. The van der Waals surface area contributed by atoms with Gasteiger partial charge in [0.15, 0.2) is 5.96 Å². The lowest BCUT2D eigenvalue weighted by Crippen LogP contribution is -2.38. The summed E-state index contributed by atoms with van der Waals surface area (Å²) >= 11 is 0. The van der Waals surface area contributed by atoms with Crippen molar-refractivity contribution in [2.45, 2.75) is 78.2 Å². The third kappa shape index (κ3) is 6.31. The summed E-state index contributed by atoms with van der Waals surface area (Å²) in [6.45, 7) is 12.3. The standard InChI is InChI=1S/C24H38N6/c1-5-25-23(26-16-14-19-10-12-20(13-11-19)24(2,3)4)27-17-15-22-29-28-21-9-7-6-8-18-30(21)22/h10-13H,5-9,14-18H2,1-4H3,(H2,25,26,27). The Morgan fingerprint density at radius 2 is 1.83 bits per heavy atom. The number of guanidine groups is 1. The van der Waals surface area contributed by atoms with E-state index in [0.29, 0.717) is 6.54 Å². The summed E-state index contributed by atoms with van der Waals surface area (Å²) in [5.74, 6) is 3.10. The number of nitrogens with one attached hydrogen (secondary N) is 2. The Kier molecular flexibility index (Phi) is 7.88. The Bertz CT molecular complexity index is 813. The number of benzene rings is 1. The highest BCUT2D eigenvalue weighted by Gasteiger charge is 2.14. The van der Waals surface area contributed by atoms with Crippen molar-refractivity contribution in [2.24, 2.45) is 4.99 Å². The number of aryl methyl sites for hydroxylation is 1. The summed E-state index contributed by atoms with van der Waals surface area (Å²) in [7, 11) is 0. The van der Waals surface area contributed by atoms with Gasteiger partial charge in [-0.1, -0.05) is 51.5 Å². The normalized spacial score (nSPS) is 14.9. The van der Waals surface area contributed by atoms with Gasteiger partial charge in [-0.3, -0.25) is 4.99 Å². The van der Waals surface area contributed by atoms with Crippen molar-refractivity contribution in [1.29, 1.82) is 0 Å². The first-order valence-electron chi connectivity index (χ1n) is 11.5. The summed E-state index contributed by atoms with van der Waals surface area (Å²) in [6.07, 6.45) is 6.60. The maximum atomic E-state index is 4.75. The highest BCUT2D eigenvalue weighted by atomic mass is 15.3. The largest absolute Gasteiger partial charge is 0.357 e. The molecule has 0 atom stereocenters. The molecule has 2 heterocycles. The first kappa shape index (κ1) is 22.3. The molecule has 1 aliphatic heterocycles. The number of aromatic nitrogens is 3. The van der Waals surface area contributed by atoms with Gasteiger partial charge in [0.25, 0.3) is 0 Å². The van der Waals surface area contributed by atoms with Gasteiger partial charge in [0.05, 0.1) is 0 Å². The number of aliphatic imine (C=N–C) groups is 1. The fraction of sp³-hybridized carbons (Fsp3) is 0.625. The topological polar surface area (TPSA) is 67.1 Å². The summed E-state index contributed by atoms with van der Waals surface area (Å²) in [4.78, 5) is 4.75. The van der Waals surface area contributed by atoms with Gasteiger partial charge in [-0.15, -0.1) is 10.2 Å². The van der Waals surface area contributed by atoms with Gasteiger partial charge < -0.3 is 15.2 Å². The number of fused-ring (bicyclic) bond motifs is 1. The average Bonchev–Trinajstić information content (AvgIpc) is 2.94. The first-order chi connectivity index (χ1) is 14.5. The number of rotatable bonds is 7. The van der Waals surface area contributed by atoms with Crippen LogP contribution in [-0.4, -0.2) is 40.4 Å². The van der Waals surface area contributed by atoms with E-state index in [0.717, 1.165) is 56.5 Å². The molecule has 164 valence electrons. The fourth-order valence-electron chi connectivity index (χ4n) is 3.84. The SMILES string of the molecule is CCNC(=NCCc1nnc2n1CCCCC2)NCCc1ccc(C(C)(C)C)cc1. The van der Waals surface area contributed by atoms with Crippen molar-refractivity contribution in [3.63, 3.8) is 0 Å². The molecule has 1 aromatic heterocycles. The van der Waals surface area contributed by atoms with Crippen LogP contribution in [0.2, 0.25) is 0 Å². The zero-order valence-corrected chi connectivity index (χ0v) is 19.2. The zero-order chi connectivity index (χ0) is 21.4. The molecule has 0 saturated heterocycles. The van der Waals surface area contributed by atoms with Gasteiger partial charge >= 0.3 is 0 Å². The van der Waals surface area contributed by atoms with E-state index in [2.05, 4.69) is 77.4 Å². The molecule has 3 rings (SSSR count). The molecule has 1 aliphatic rings. The van der Waals surface area contributed by atoms with Crippen molar-refractivity contribution in [1.82, 2.24) is 25.4 Å². The van der Waals surface area contributed by atoms with E-state index in [-0.39, 0.29) is 5.41 Å². The predicted octanol–water partition coefficient (Wildman–Crippen LogP) is 3.64.